The molecule has 4 rings (SSSR count). The first kappa shape index (κ1) is 18.9. The standard InChI is InChI=1S/C22H27F3O2/c1-5-14-7-11-18-17-9-6-13-12-15(26-4)8-10-16(13)19(17)20(2,3)27-21(14,18)22(23,24)25/h5,8,10,12,14,17-19H,1,6-7,9,11H2,2-4H3/t14-,17+,18+,19-,21+/m1/s1. The summed E-state index contributed by atoms with van der Waals surface area (Å²) in [6, 6.07) is 5.95. The first-order chi connectivity index (χ1) is 12.7. The van der Waals surface area contributed by atoms with Crippen LogP contribution in [0.3, 0.4) is 0 Å². The van der Waals surface area contributed by atoms with Crippen LogP contribution >= 0.6 is 0 Å². The topological polar surface area (TPSA) is 18.5 Å². The number of alkyl halides is 3. The Morgan fingerprint density at radius 2 is 1.96 bits per heavy atom. The molecule has 2 nitrogen and oxygen atoms in total. The van der Waals surface area contributed by atoms with Gasteiger partial charge in [-0.1, -0.05) is 12.1 Å². The van der Waals surface area contributed by atoms with Gasteiger partial charge in [-0.2, -0.15) is 13.2 Å². The van der Waals surface area contributed by atoms with E-state index in [2.05, 4.69) is 6.58 Å². The molecule has 0 N–H and O–H groups in total. The summed E-state index contributed by atoms with van der Waals surface area (Å²) in [5, 5.41) is 0. The summed E-state index contributed by atoms with van der Waals surface area (Å²) >= 11 is 0. The van der Waals surface area contributed by atoms with Gasteiger partial charge in [-0.15, -0.1) is 6.58 Å². The average Bonchev–Trinajstić information content (AvgIpc) is 2.99. The van der Waals surface area contributed by atoms with Crippen molar-refractivity contribution in [2.24, 2.45) is 17.8 Å². The van der Waals surface area contributed by atoms with E-state index in [-0.39, 0.29) is 11.8 Å². The van der Waals surface area contributed by atoms with Crippen molar-refractivity contribution in [3.63, 3.8) is 0 Å². The molecule has 1 aromatic rings. The van der Waals surface area contributed by atoms with Gasteiger partial charge in [0, 0.05) is 17.8 Å². The molecule has 0 aromatic heterocycles. The van der Waals surface area contributed by atoms with Crippen molar-refractivity contribution in [1.82, 2.24) is 0 Å². The summed E-state index contributed by atoms with van der Waals surface area (Å²) in [7, 11) is 1.63. The van der Waals surface area contributed by atoms with Gasteiger partial charge >= 0.3 is 6.18 Å². The van der Waals surface area contributed by atoms with Crippen LogP contribution in [0.15, 0.2) is 30.9 Å². The van der Waals surface area contributed by atoms with Crippen LogP contribution in [-0.4, -0.2) is 24.5 Å². The van der Waals surface area contributed by atoms with Crippen LogP contribution in [0.4, 0.5) is 13.2 Å². The summed E-state index contributed by atoms with van der Waals surface area (Å²) in [5.41, 5.74) is -0.727. The number of methoxy groups -OCH3 is 1. The maximum absolute atomic E-state index is 14.4. The maximum atomic E-state index is 14.4. The minimum atomic E-state index is -4.41. The Labute approximate surface area is 158 Å². The molecule has 5 atom stereocenters. The molecule has 1 saturated heterocycles. The fourth-order valence-electron chi connectivity index (χ4n) is 6.29. The molecule has 0 bridgehead atoms. The minimum Gasteiger partial charge on any atom is -0.497 e. The number of benzene rings is 1. The lowest BCUT2D eigenvalue weighted by Crippen LogP contribution is -2.66. The monoisotopic (exact) mass is 380 g/mol. The molecule has 27 heavy (non-hydrogen) atoms. The molecule has 3 aliphatic rings. The molecule has 1 heterocycles. The molecule has 0 unspecified atom stereocenters. The van der Waals surface area contributed by atoms with Gasteiger partial charge in [0.2, 0.25) is 0 Å². The summed E-state index contributed by atoms with van der Waals surface area (Å²) in [4.78, 5) is 0. The molecule has 0 spiro atoms. The predicted molar refractivity (Wildman–Crippen MR) is 97.9 cm³/mol. The zero-order valence-corrected chi connectivity index (χ0v) is 16.1. The van der Waals surface area contributed by atoms with Gasteiger partial charge in [0.05, 0.1) is 12.7 Å². The summed E-state index contributed by atoms with van der Waals surface area (Å²) in [6.45, 7) is 7.36. The number of hydrogen-bond donors (Lipinski definition) is 0. The number of hydrogen-bond acceptors (Lipinski definition) is 2. The number of ether oxygens (including phenoxy) is 2. The van der Waals surface area contributed by atoms with Crippen LogP contribution in [0.25, 0.3) is 0 Å². The molecule has 0 radical (unpaired) electrons. The largest absolute Gasteiger partial charge is 0.497 e. The lowest BCUT2D eigenvalue weighted by atomic mass is 9.58. The molecule has 2 aliphatic carbocycles. The van der Waals surface area contributed by atoms with Crippen molar-refractivity contribution in [2.45, 2.75) is 62.8 Å². The van der Waals surface area contributed by atoms with Crippen molar-refractivity contribution in [3.8, 4) is 5.75 Å². The number of aryl methyl sites for hydroxylation is 1. The number of fused-ring (bicyclic) bond motifs is 5. The van der Waals surface area contributed by atoms with Gasteiger partial charge in [-0.3, -0.25) is 0 Å². The average molecular weight is 380 g/mol. The molecule has 1 saturated carbocycles. The van der Waals surface area contributed by atoms with Gasteiger partial charge in [-0.05, 0) is 68.7 Å². The fourth-order valence-corrected chi connectivity index (χ4v) is 6.29. The molecule has 1 aromatic carbocycles. The van der Waals surface area contributed by atoms with E-state index in [4.69, 9.17) is 9.47 Å². The third-order valence-corrected chi connectivity index (χ3v) is 7.18. The second-order valence-corrected chi connectivity index (χ2v) is 8.77. The van der Waals surface area contributed by atoms with E-state index in [1.165, 1.54) is 11.6 Å². The number of halogens is 3. The van der Waals surface area contributed by atoms with Crippen LogP contribution in [0.1, 0.15) is 50.2 Å². The van der Waals surface area contributed by atoms with E-state index in [1.54, 1.807) is 7.11 Å². The highest BCUT2D eigenvalue weighted by atomic mass is 19.4. The van der Waals surface area contributed by atoms with Crippen LogP contribution in [0.5, 0.6) is 5.75 Å². The van der Waals surface area contributed by atoms with Crippen molar-refractivity contribution in [1.29, 1.82) is 0 Å². The number of rotatable bonds is 2. The molecular weight excluding hydrogens is 353 g/mol. The van der Waals surface area contributed by atoms with Crippen LogP contribution < -0.4 is 4.74 Å². The van der Waals surface area contributed by atoms with Gasteiger partial charge in [0.15, 0.2) is 5.60 Å². The predicted octanol–water partition coefficient (Wildman–Crippen LogP) is 5.66. The summed E-state index contributed by atoms with van der Waals surface area (Å²) in [6.07, 6.45) is -0.376. The molecule has 2 fully saturated rings. The Morgan fingerprint density at radius 1 is 1.22 bits per heavy atom. The first-order valence-electron chi connectivity index (χ1n) is 9.72. The third-order valence-electron chi connectivity index (χ3n) is 7.18. The summed E-state index contributed by atoms with van der Waals surface area (Å²) < 4.78 is 54.7. The lowest BCUT2D eigenvalue weighted by molar-refractivity contribution is -0.357. The zero-order valence-electron chi connectivity index (χ0n) is 16.1. The highest BCUT2D eigenvalue weighted by Gasteiger charge is 2.73. The van der Waals surface area contributed by atoms with E-state index in [0.29, 0.717) is 12.8 Å². The van der Waals surface area contributed by atoms with Crippen molar-refractivity contribution in [2.75, 3.05) is 7.11 Å². The van der Waals surface area contributed by atoms with Crippen LogP contribution in [-0.2, 0) is 11.2 Å². The quantitative estimate of drug-likeness (QED) is 0.616. The van der Waals surface area contributed by atoms with Gasteiger partial charge in [0.25, 0.3) is 0 Å². The van der Waals surface area contributed by atoms with Crippen LogP contribution in [0, 0.1) is 17.8 Å². The molecule has 5 heteroatoms. The van der Waals surface area contributed by atoms with E-state index < -0.39 is 29.2 Å². The Morgan fingerprint density at radius 3 is 2.59 bits per heavy atom. The second kappa shape index (κ2) is 6.00. The fraction of sp³-hybridized carbons (Fsp3) is 0.636. The third kappa shape index (κ3) is 2.50. The summed E-state index contributed by atoms with van der Waals surface area (Å²) in [5.74, 6) is -0.495. The molecule has 148 valence electrons. The second-order valence-electron chi connectivity index (χ2n) is 8.77. The van der Waals surface area contributed by atoms with E-state index in [0.717, 1.165) is 24.2 Å². The SMILES string of the molecule is C=C[C@@H]1CC[C@H]2[C@@H]3CCc4cc(OC)ccc4[C@H]3C(C)(C)O[C@@]12C(F)(F)F. The lowest BCUT2D eigenvalue weighted by Gasteiger charge is -2.58. The molecular formula is C22H27F3O2. The van der Waals surface area contributed by atoms with Crippen LogP contribution in [0.2, 0.25) is 0 Å². The maximum Gasteiger partial charge on any atom is 0.418 e. The molecule has 0 amide bonds. The zero-order chi connectivity index (χ0) is 19.6. The first-order valence-corrected chi connectivity index (χ1v) is 9.72. The Hall–Kier alpha value is -1.49. The van der Waals surface area contributed by atoms with E-state index in [1.807, 2.05) is 32.0 Å². The minimum absolute atomic E-state index is 0.0405. The smallest absolute Gasteiger partial charge is 0.418 e. The van der Waals surface area contributed by atoms with Crippen molar-refractivity contribution < 1.29 is 22.6 Å². The highest BCUT2D eigenvalue weighted by molar-refractivity contribution is 5.42. The van der Waals surface area contributed by atoms with Gasteiger partial charge < -0.3 is 9.47 Å². The Balaban J connectivity index is 1.84. The van der Waals surface area contributed by atoms with E-state index in [9.17, 15) is 13.2 Å². The highest BCUT2D eigenvalue weighted by Crippen LogP contribution is 2.66. The van der Waals surface area contributed by atoms with Crippen molar-refractivity contribution >= 4 is 0 Å². The Kier molecular flexibility index (Phi) is 4.19. The normalized spacial score (nSPS) is 37.1. The Bertz CT molecular complexity index is 754. The van der Waals surface area contributed by atoms with Gasteiger partial charge in [0.1, 0.15) is 5.75 Å². The van der Waals surface area contributed by atoms with Gasteiger partial charge in [-0.25, -0.2) is 0 Å². The molecule has 1 aliphatic heterocycles. The van der Waals surface area contributed by atoms with E-state index >= 15 is 0 Å². The van der Waals surface area contributed by atoms with Crippen molar-refractivity contribution in [3.05, 3.63) is 42.0 Å².